The maximum atomic E-state index is 11.5. The van der Waals surface area contributed by atoms with Gasteiger partial charge in [0.05, 0.1) is 31.8 Å². The van der Waals surface area contributed by atoms with Crippen molar-refractivity contribution in [1.29, 1.82) is 5.26 Å². The molecule has 9 nitrogen and oxygen atoms in total. The fourth-order valence-corrected chi connectivity index (χ4v) is 2.56. The highest BCUT2D eigenvalue weighted by Crippen LogP contribution is 2.21. The van der Waals surface area contributed by atoms with E-state index in [1.807, 2.05) is 4.90 Å². The fraction of sp³-hybridized carbons (Fsp3) is 0.727. The smallest absolute Gasteiger partial charge is 0.243 e. The number of hydroxylamine groups is 2. The third-order valence-corrected chi connectivity index (χ3v) is 3.45. The first-order chi connectivity index (χ1) is 9.65. The second-order valence-corrected chi connectivity index (χ2v) is 4.75. The van der Waals surface area contributed by atoms with E-state index in [1.165, 1.54) is 19.1 Å². The Hall–Kier alpha value is -1.89. The van der Waals surface area contributed by atoms with Crippen LogP contribution in [0.3, 0.4) is 0 Å². The van der Waals surface area contributed by atoms with E-state index in [0.717, 1.165) is 6.42 Å². The Bertz CT molecular complexity index is 433. The first kappa shape index (κ1) is 14.5. The lowest BCUT2D eigenvalue weighted by molar-refractivity contribution is -0.191. The summed E-state index contributed by atoms with van der Waals surface area (Å²) >= 11 is 0. The number of nitrogens with one attached hydrogen (secondary N) is 3. The Morgan fingerprint density at radius 2 is 2.45 bits per heavy atom. The summed E-state index contributed by atoms with van der Waals surface area (Å²) in [5.74, 6) is 0.574. The number of hydrogen-bond acceptors (Lipinski definition) is 8. The Morgan fingerprint density at radius 3 is 3.00 bits per heavy atom. The topological polar surface area (TPSA) is 105 Å². The lowest BCUT2D eigenvalue weighted by atomic mass is 9.98. The molecule has 2 unspecified atom stereocenters. The van der Waals surface area contributed by atoms with E-state index in [1.54, 1.807) is 0 Å². The minimum atomic E-state index is -0.179. The number of nitrogens with zero attached hydrogens (tertiary/aromatic N) is 4. The van der Waals surface area contributed by atoms with Gasteiger partial charge in [0.15, 0.2) is 5.84 Å². The Kier molecular flexibility index (Phi) is 4.73. The van der Waals surface area contributed by atoms with Crippen LogP contribution in [0.15, 0.2) is 5.10 Å². The highest BCUT2D eigenvalue weighted by molar-refractivity contribution is 5.84. The molecule has 110 valence electrons. The fourth-order valence-electron chi connectivity index (χ4n) is 2.56. The van der Waals surface area contributed by atoms with Crippen molar-refractivity contribution >= 4 is 11.7 Å². The molecule has 1 fully saturated rings. The summed E-state index contributed by atoms with van der Waals surface area (Å²) in [7, 11) is 1.48. The standard InChI is InChI=1S/C11H19N7O2/c1-8(19)18(20-2)10-4-3-9(5-12)17(6-10)7-11-13-15-16-14-11/h9-10,15-16H,3-4,6-7H2,1-2H3,(H,13,14). The number of likely N-dealkylation sites (tertiary alicyclic amines) is 1. The number of amides is 1. The maximum Gasteiger partial charge on any atom is 0.243 e. The molecule has 1 amide bonds. The van der Waals surface area contributed by atoms with Gasteiger partial charge in [0.25, 0.3) is 0 Å². The predicted molar refractivity (Wildman–Crippen MR) is 70.4 cm³/mol. The van der Waals surface area contributed by atoms with Crippen molar-refractivity contribution in [2.24, 2.45) is 5.10 Å². The molecule has 9 heteroatoms. The lowest BCUT2D eigenvalue weighted by Gasteiger charge is -2.39. The zero-order valence-corrected chi connectivity index (χ0v) is 11.6. The molecule has 2 aliphatic heterocycles. The van der Waals surface area contributed by atoms with E-state index >= 15 is 0 Å². The summed E-state index contributed by atoms with van der Waals surface area (Å²) in [6.45, 7) is 2.55. The highest BCUT2D eigenvalue weighted by Gasteiger charge is 2.33. The number of nitriles is 1. The molecule has 20 heavy (non-hydrogen) atoms. The van der Waals surface area contributed by atoms with Crippen LogP contribution in [0.1, 0.15) is 19.8 Å². The van der Waals surface area contributed by atoms with Gasteiger partial charge < -0.3 is 0 Å². The van der Waals surface area contributed by atoms with Gasteiger partial charge in [-0.2, -0.15) is 5.26 Å². The number of amidine groups is 1. The van der Waals surface area contributed by atoms with Crippen LogP contribution in [-0.2, 0) is 9.63 Å². The highest BCUT2D eigenvalue weighted by atomic mass is 16.7. The minimum Gasteiger partial charge on any atom is -0.288 e. The summed E-state index contributed by atoms with van der Waals surface area (Å²) in [5.41, 5.74) is 8.10. The molecular formula is C11H19N7O2. The van der Waals surface area contributed by atoms with Gasteiger partial charge in [-0.25, -0.2) is 10.6 Å². The second kappa shape index (κ2) is 6.51. The van der Waals surface area contributed by atoms with Gasteiger partial charge in [0.2, 0.25) is 5.91 Å². The quantitative estimate of drug-likeness (QED) is 0.549. The van der Waals surface area contributed by atoms with Crippen molar-refractivity contribution < 1.29 is 9.63 Å². The number of rotatable bonds is 4. The average Bonchev–Trinajstić information content (AvgIpc) is 2.92. The summed E-state index contributed by atoms with van der Waals surface area (Å²) in [6.07, 6.45) is 1.45. The minimum absolute atomic E-state index is 0.0509. The Morgan fingerprint density at radius 1 is 1.65 bits per heavy atom. The van der Waals surface area contributed by atoms with Crippen molar-refractivity contribution in [1.82, 2.24) is 26.5 Å². The van der Waals surface area contributed by atoms with E-state index in [-0.39, 0.29) is 18.0 Å². The molecular weight excluding hydrogens is 262 g/mol. The first-order valence-electron chi connectivity index (χ1n) is 6.46. The number of carbonyl (C=O) groups is 1. The molecule has 0 aliphatic carbocycles. The molecule has 0 aromatic heterocycles. The number of hydrazone groups is 1. The van der Waals surface area contributed by atoms with Crippen molar-refractivity contribution in [3.8, 4) is 6.07 Å². The molecule has 0 bridgehead atoms. The van der Waals surface area contributed by atoms with Crippen LogP contribution in [0.25, 0.3) is 0 Å². The maximum absolute atomic E-state index is 11.5. The average molecular weight is 281 g/mol. The summed E-state index contributed by atoms with van der Waals surface area (Å²) in [5, 5.41) is 14.6. The van der Waals surface area contributed by atoms with E-state index < -0.39 is 0 Å². The number of hydrazine groups is 2. The molecule has 2 heterocycles. The number of carbonyl (C=O) groups excluding carboxylic acids is 1. The van der Waals surface area contributed by atoms with E-state index in [0.29, 0.717) is 25.3 Å². The first-order valence-corrected chi connectivity index (χ1v) is 6.46. The predicted octanol–water partition coefficient (Wildman–Crippen LogP) is -1.32. The molecule has 0 spiro atoms. The lowest BCUT2D eigenvalue weighted by Crippen LogP contribution is -2.54. The second-order valence-electron chi connectivity index (χ2n) is 4.75. The number of piperidine rings is 1. The van der Waals surface area contributed by atoms with Crippen LogP contribution >= 0.6 is 0 Å². The van der Waals surface area contributed by atoms with Crippen molar-refractivity contribution in [2.45, 2.75) is 31.8 Å². The van der Waals surface area contributed by atoms with Gasteiger partial charge >= 0.3 is 0 Å². The zero-order chi connectivity index (χ0) is 14.5. The summed E-state index contributed by atoms with van der Waals surface area (Å²) in [4.78, 5) is 18.7. The SMILES string of the molecule is CON(C(C)=O)C1CCC(C#N)N(CC2=NNNN2)C1. The monoisotopic (exact) mass is 281 g/mol. The molecule has 2 atom stereocenters. The molecule has 2 aliphatic rings. The van der Waals surface area contributed by atoms with Gasteiger partial charge in [-0.3, -0.25) is 20.0 Å². The third-order valence-electron chi connectivity index (χ3n) is 3.45. The molecule has 0 aromatic rings. The van der Waals surface area contributed by atoms with Gasteiger partial charge in [-0.15, -0.1) is 10.6 Å². The molecule has 0 radical (unpaired) electrons. The van der Waals surface area contributed by atoms with Crippen LogP contribution in [0.4, 0.5) is 0 Å². The van der Waals surface area contributed by atoms with Crippen molar-refractivity contribution in [3.63, 3.8) is 0 Å². The van der Waals surface area contributed by atoms with E-state index in [2.05, 4.69) is 27.7 Å². The summed E-state index contributed by atoms with van der Waals surface area (Å²) < 4.78 is 0. The molecule has 3 N–H and O–H groups in total. The van der Waals surface area contributed by atoms with Gasteiger partial charge in [0, 0.05) is 13.5 Å². The summed E-state index contributed by atoms with van der Waals surface area (Å²) in [6, 6.07) is 2.06. The van der Waals surface area contributed by atoms with Crippen LogP contribution in [0.2, 0.25) is 0 Å². The van der Waals surface area contributed by atoms with E-state index in [4.69, 9.17) is 4.84 Å². The van der Waals surface area contributed by atoms with Crippen molar-refractivity contribution in [2.75, 3.05) is 20.2 Å². The molecule has 0 aromatic carbocycles. The largest absolute Gasteiger partial charge is 0.288 e. The van der Waals surface area contributed by atoms with Crippen LogP contribution in [-0.4, -0.2) is 54.0 Å². The van der Waals surface area contributed by atoms with Gasteiger partial charge in [-0.05, 0) is 12.8 Å². The third kappa shape index (κ3) is 3.16. The Labute approximate surface area is 117 Å². The zero-order valence-electron chi connectivity index (χ0n) is 11.6. The Balaban J connectivity index is 2.03. The molecule has 0 saturated carbocycles. The van der Waals surface area contributed by atoms with E-state index in [9.17, 15) is 10.1 Å². The normalized spacial score (nSPS) is 26.1. The van der Waals surface area contributed by atoms with Gasteiger partial charge in [-0.1, -0.05) is 0 Å². The number of hydrogen-bond donors (Lipinski definition) is 3. The van der Waals surface area contributed by atoms with Crippen LogP contribution < -0.4 is 16.5 Å². The van der Waals surface area contributed by atoms with Crippen LogP contribution in [0.5, 0.6) is 0 Å². The van der Waals surface area contributed by atoms with Gasteiger partial charge in [0.1, 0.15) is 0 Å². The van der Waals surface area contributed by atoms with Crippen molar-refractivity contribution in [3.05, 3.63) is 0 Å². The molecule has 2 rings (SSSR count). The molecule has 1 saturated heterocycles. The van der Waals surface area contributed by atoms with Crippen LogP contribution in [0, 0.1) is 11.3 Å².